The van der Waals surface area contributed by atoms with E-state index in [4.69, 9.17) is 9.47 Å². The molecule has 0 radical (unpaired) electrons. The number of benzene rings is 1. The first kappa shape index (κ1) is 21.4. The highest BCUT2D eigenvalue weighted by Gasteiger charge is 2.24. The van der Waals surface area contributed by atoms with Crippen LogP contribution in [0.2, 0.25) is 0 Å². The van der Waals surface area contributed by atoms with Crippen molar-refractivity contribution < 1.29 is 9.47 Å². The normalized spacial score (nSPS) is 22.1. The van der Waals surface area contributed by atoms with Gasteiger partial charge in [-0.2, -0.15) is 0 Å². The van der Waals surface area contributed by atoms with Crippen molar-refractivity contribution in [3.8, 4) is 5.75 Å². The first-order valence-electron chi connectivity index (χ1n) is 11.5. The molecule has 2 unspecified atom stereocenters. The largest absolute Gasteiger partial charge is 0.461 e. The van der Waals surface area contributed by atoms with E-state index in [0.717, 1.165) is 37.5 Å². The van der Waals surface area contributed by atoms with Crippen LogP contribution in [-0.4, -0.2) is 12.9 Å². The molecule has 0 amide bonds. The van der Waals surface area contributed by atoms with Crippen LogP contribution < -0.4 is 4.74 Å². The van der Waals surface area contributed by atoms with Crippen LogP contribution in [0.15, 0.2) is 35.9 Å². The van der Waals surface area contributed by atoms with Gasteiger partial charge in [-0.25, -0.2) is 0 Å². The van der Waals surface area contributed by atoms with Gasteiger partial charge in [-0.15, -0.1) is 0 Å². The topological polar surface area (TPSA) is 18.5 Å². The van der Waals surface area contributed by atoms with Crippen molar-refractivity contribution in [2.24, 2.45) is 17.3 Å². The maximum atomic E-state index is 6.33. The SMILES string of the molecule is CC1CC=C(C(OCCC2CCCCC2)Oc2ccc(CC(C)(C)C)cc2)C1. The Bertz CT molecular complexity index is 617. The Labute approximate surface area is 172 Å². The molecular weight excluding hydrogens is 344 g/mol. The molecule has 0 N–H and O–H groups in total. The van der Waals surface area contributed by atoms with E-state index in [0.29, 0.717) is 11.3 Å². The molecule has 0 bridgehead atoms. The van der Waals surface area contributed by atoms with Crippen molar-refractivity contribution >= 4 is 0 Å². The van der Waals surface area contributed by atoms with E-state index in [9.17, 15) is 0 Å². The molecule has 2 atom stereocenters. The Morgan fingerprint density at radius 3 is 2.36 bits per heavy atom. The summed E-state index contributed by atoms with van der Waals surface area (Å²) in [4.78, 5) is 0. The lowest BCUT2D eigenvalue weighted by molar-refractivity contribution is -0.0605. The Morgan fingerprint density at radius 2 is 1.75 bits per heavy atom. The molecule has 28 heavy (non-hydrogen) atoms. The molecule has 156 valence electrons. The van der Waals surface area contributed by atoms with Gasteiger partial charge in [0.25, 0.3) is 0 Å². The smallest absolute Gasteiger partial charge is 0.222 e. The van der Waals surface area contributed by atoms with Crippen molar-refractivity contribution in [2.75, 3.05) is 6.61 Å². The summed E-state index contributed by atoms with van der Waals surface area (Å²) in [5.74, 6) is 2.47. The fraction of sp³-hybridized carbons (Fsp3) is 0.692. The fourth-order valence-electron chi connectivity index (χ4n) is 4.57. The zero-order valence-corrected chi connectivity index (χ0v) is 18.5. The number of ether oxygens (including phenoxy) is 2. The van der Waals surface area contributed by atoms with Gasteiger partial charge in [0.15, 0.2) is 0 Å². The molecular formula is C26H40O2. The summed E-state index contributed by atoms with van der Waals surface area (Å²) in [6.45, 7) is 9.96. The van der Waals surface area contributed by atoms with E-state index in [1.165, 1.54) is 49.7 Å². The maximum absolute atomic E-state index is 6.33. The molecule has 1 fully saturated rings. The molecule has 2 aliphatic rings. The molecule has 2 heteroatoms. The highest BCUT2D eigenvalue weighted by atomic mass is 16.7. The molecule has 0 saturated heterocycles. The number of hydrogen-bond donors (Lipinski definition) is 0. The van der Waals surface area contributed by atoms with Gasteiger partial charge in [0, 0.05) is 0 Å². The Hall–Kier alpha value is -1.28. The van der Waals surface area contributed by atoms with Crippen LogP contribution in [0.5, 0.6) is 5.75 Å². The van der Waals surface area contributed by atoms with Gasteiger partial charge in [0.05, 0.1) is 6.61 Å². The van der Waals surface area contributed by atoms with Crippen molar-refractivity contribution in [3.05, 3.63) is 41.5 Å². The zero-order valence-electron chi connectivity index (χ0n) is 18.5. The Morgan fingerprint density at radius 1 is 1.04 bits per heavy atom. The van der Waals surface area contributed by atoms with E-state index in [1.807, 2.05) is 0 Å². The van der Waals surface area contributed by atoms with Crippen LogP contribution in [0.4, 0.5) is 0 Å². The van der Waals surface area contributed by atoms with Crippen LogP contribution >= 0.6 is 0 Å². The summed E-state index contributed by atoms with van der Waals surface area (Å²) in [6.07, 6.45) is 13.6. The first-order chi connectivity index (χ1) is 13.4. The van der Waals surface area contributed by atoms with Gasteiger partial charge >= 0.3 is 0 Å². The summed E-state index contributed by atoms with van der Waals surface area (Å²) in [5.41, 5.74) is 3.00. The molecule has 1 aromatic carbocycles. The minimum Gasteiger partial charge on any atom is -0.461 e. The van der Waals surface area contributed by atoms with Crippen molar-refractivity contribution in [2.45, 2.75) is 91.8 Å². The molecule has 2 nitrogen and oxygen atoms in total. The fourth-order valence-corrected chi connectivity index (χ4v) is 4.57. The van der Waals surface area contributed by atoms with Crippen LogP contribution in [0.3, 0.4) is 0 Å². The van der Waals surface area contributed by atoms with Gasteiger partial charge in [0.2, 0.25) is 6.29 Å². The molecule has 1 saturated carbocycles. The quantitative estimate of drug-likeness (QED) is 0.345. The van der Waals surface area contributed by atoms with Gasteiger partial charge in [-0.1, -0.05) is 78.0 Å². The molecule has 0 heterocycles. The molecule has 3 rings (SSSR count). The van der Waals surface area contributed by atoms with Gasteiger partial charge in [-0.05, 0) is 66.2 Å². The third-order valence-electron chi connectivity index (χ3n) is 6.09. The summed E-state index contributed by atoms with van der Waals surface area (Å²) >= 11 is 0. The minimum atomic E-state index is -0.220. The second-order valence-corrected chi connectivity index (χ2v) is 10.3. The third-order valence-corrected chi connectivity index (χ3v) is 6.09. The summed E-state index contributed by atoms with van der Waals surface area (Å²) in [7, 11) is 0. The molecule has 1 aromatic rings. The number of hydrogen-bond acceptors (Lipinski definition) is 2. The molecule has 2 aliphatic carbocycles. The Balaban J connectivity index is 1.57. The monoisotopic (exact) mass is 384 g/mol. The van der Waals surface area contributed by atoms with Gasteiger partial charge in [-0.3, -0.25) is 0 Å². The number of rotatable bonds is 8. The van der Waals surface area contributed by atoms with Crippen LogP contribution in [0, 0.1) is 17.3 Å². The van der Waals surface area contributed by atoms with E-state index >= 15 is 0 Å². The zero-order chi connectivity index (χ0) is 20.0. The minimum absolute atomic E-state index is 0.220. The maximum Gasteiger partial charge on any atom is 0.222 e. The average Bonchev–Trinajstić information content (AvgIpc) is 3.08. The van der Waals surface area contributed by atoms with E-state index in [1.54, 1.807) is 0 Å². The van der Waals surface area contributed by atoms with Crippen LogP contribution in [0.1, 0.15) is 84.6 Å². The summed E-state index contributed by atoms with van der Waals surface area (Å²) < 4.78 is 12.6. The summed E-state index contributed by atoms with van der Waals surface area (Å²) in [6, 6.07) is 8.62. The second-order valence-electron chi connectivity index (χ2n) is 10.3. The second kappa shape index (κ2) is 9.96. The predicted octanol–water partition coefficient (Wildman–Crippen LogP) is 7.32. The lowest BCUT2D eigenvalue weighted by Gasteiger charge is -2.25. The number of allylic oxidation sites excluding steroid dienone is 1. The van der Waals surface area contributed by atoms with E-state index in [-0.39, 0.29) is 6.29 Å². The van der Waals surface area contributed by atoms with Crippen molar-refractivity contribution in [1.29, 1.82) is 0 Å². The Kier molecular flexibility index (Phi) is 7.62. The van der Waals surface area contributed by atoms with Gasteiger partial charge in [0.1, 0.15) is 5.75 Å². The predicted molar refractivity (Wildman–Crippen MR) is 118 cm³/mol. The van der Waals surface area contributed by atoms with Crippen molar-refractivity contribution in [1.82, 2.24) is 0 Å². The van der Waals surface area contributed by atoms with Crippen LogP contribution in [0.25, 0.3) is 0 Å². The summed E-state index contributed by atoms with van der Waals surface area (Å²) in [5, 5.41) is 0. The highest BCUT2D eigenvalue weighted by Crippen LogP contribution is 2.31. The molecule has 0 aliphatic heterocycles. The average molecular weight is 385 g/mol. The highest BCUT2D eigenvalue weighted by molar-refractivity contribution is 5.29. The van der Waals surface area contributed by atoms with E-state index in [2.05, 4.69) is 58.0 Å². The first-order valence-corrected chi connectivity index (χ1v) is 11.5. The lowest BCUT2D eigenvalue weighted by Crippen LogP contribution is -2.24. The van der Waals surface area contributed by atoms with Crippen LogP contribution in [-0.2, 0) is 11.2 Å². The van der Waals surface area contributed by atoms with Crippen molar-refractivity contribution in [3.63, 3.8) is 0 Å². The standard InChI is InChI=1S/C26H40O2/c1-20-10-13-23(18-20)25(27-17-16-21-8-6-5-7-9-21)28-24-14-11-22(12-15-24)19-26(2,3)4/h11-15,20-21,25H,5-10,16-19H2,1-4H3. The lowest BCUT2D eigenvalue weighted by atomic mass is 9.87. The molecule has 0 aromatic heterocycles. The van der Waals surface area contributed by atoms with E-state index < -0.39 is 0 Å². The third kappa shape index (κ3) is 6.95. The van der Waals surface area contributed by atoms with Gasteiger partial charge < -0.3 is 9.47 Å². The molecule has 0 spiro atoms.